The highest BCUT2D eigenvalue weighted by Crippen LogP contribution is 2.25. The molecule has 0 aliphatic heterocycles. The van der Waals surface area contributed by atoms with Gasteiger partial charge in [-0.05, 0) is 24.1 Å². The number of carboxylic acid groups (broad SMARTS) is 1. The predicted octanol–water partition coefficient (Wildman–Crippen LogP) is -1.23. The molecule has 0 heterocycles. The van der Waals surface area contributed by atoms with Crippen LogP contribution in [-0.4, -0.2) is 39.5 Å². The van der Waals surface area contributed by atoms with E-state index in [1.807, 2.05) is 0 Å². The lowest BCUT2D eigenvalue weighted by Crippen LogP contribution is -2.41. The molecule has 0 fully saturated rings. The smallest absolute Gasteiger partial charge is 0.321 e. The molecule has 0 spiro atoms. The van der Waals surface area contributed by atoms with Gasteiger partial charge in [-0.25, -0.2) is 0 Å². The highest BCUT2D eigenvalue weighted by Gasteiger charge is 2.16. The highest BCUT2D eigenvalue weighted by molar-refractivity contribution is 5.74. The van der Waals surface area contributed by atoms with Crippen LogP contribution in [0.4, 0.5) is 0 Å². The Morgan fingerprint density at radius 1 is 1.35 bits per heavy atom. The third kappa shape index (κ3) is 4.27. The molecule has 0 saturated carbocycles. The Bertz CT molecular complexity index is 383. The van der Waals surface area contributed by atoms with E-state index in [-0.39, 0.29) is 30.1 Å². The monoisotopic (exact) mass is 244 g/mol. The normalized spacial score (nSPS) is 11.6. The Hall–Kier alpha value is -1.83. The summed E-state index contributed by atoms with van der Waals surface area (Å²) in [5.74, 6) is -1.52. The molecule has 96 valence electrons. The maximum atomic E-state index is 10.8. The van der Waals surface area contributed by atoms with Crippen LogP contribution in [0.25, 0.3) is 0 Å². The first-order valence-corrected chi connectivity index (χ1v) is 4.71. The summed E-state index contributed by atoms with van der Waals surface area (Å²) in [7, 11) is 0. The predicted molar refractivity (Wildman–Crippen MR) is 60.7 cm³/mol. The second kappa shape index (κ2) is 6.69. The third-order valence-electron chi connectivity index (χ3n) is 2.14. The van der Waals surface area contributed by atoms with Crippen LogP contribution in [0.2, 0.25) is 0 Å². The van der Waals surface area contributed by atoms with E-state index in [4.69, 9.17) is 15.9 Å². The lowest BCUT2D eigenvalue weighted by atomic mass is 10.1. The van der Waals surface area contributed by atoms with E-state index < -0.39 is 12.0 Å². The fraction of sp³-hybridized carbons (Fsp3) is 0.300. The second-order valence-corrected chi connectivity index (χ2v) is 3.33. The average molecular weight is 244 g/mol. The van der Waals surface area contributed by atoms with Crippen molar-refractivity contribution in [3.8, 4) is 11.5 Å². The number of aliphatic carboxylic acids is 1. The van der Waals surface area contributed by atoms with Gasteiger partial charge < -0.3 is 26.5 Å². The van der Waals surface area contributed by atoms with Crippen LogP contribution < -0.4 is 11.1 Å². The minimum atomic E-state index is -1.02. The Kier molecular flexibility index (Phi) is 5.97. The van der Waals surface area contributed by atoms with E-state index in [9.17, 15) is 9.90 Å². The fourth-order valence-corrected chi connectivity index (χ4v) is 1.32. The molecular weight excluding hydrogens is 228 g/mol. The number of nitrogens with two attached hydrogens (primary N) is 1. The number of benzene rings is 1. The van der Waals surface area contributed by atoms with Gasteiger partial charge in [-0.2, -0.15) is 0 Å². The van der Waals surface area contributed by atoms with E-state index in [0.717, 1.165) is 0 Å². The Balaban J connectivity index is 0.00000256. The Labute approximate surface area is 97.8 Å². The lowest BCUT2D eigenvalue weighted by molar-refractivity contribution is -0.139. The Morgan fingerprint density at radius 2 is 2.00 bits per heavy atom. The van der Waals surface area contributed by atoms with Gasteiger partial charge in [0.2, 0.25) is 0 Å². The number of phenolic OH excluding ortho intramolecular Hbond substituents is 2. The molecule has 0 aromatic heterocycles. The molecule has 7 nitrogen and oxygen atoms in total. The van der Waals surface area contributed by atoms with Gasteiger partial charge in [-0.15, -0.1) is 0 Å². The number of aromatic hydroxyl groups is 2. The van der Waals surface area contributed by atoms with E-state index in [2.05, 4.69) is 5.32 Å². The molecule has 1 unspecified atom stereocenters. The van der Waals surface area contributed by atoms with E-state index in [1.165, 1.54) is 12.1 Å². The molecule has 0 aliphatic rings. The maximum Gasteiger partial charge on any atom is 0.321 e. The van der Waals surface area contributed by atoms with E-state index >= 15 is 0 Å². The molecule has 0 aliphatic carbocycles. The van der Waals surface area contributed by atoms with Crippen LogP contribution in [0.5, 0.6) is 11.5 Å². The molecule has 1 aromatic rings. The quantitative estimate of drug-likeness (QED) is 0.324. The molecular formula is C10H16N2O5. The number of hydrogen-bond donors (Lipinski definition) is 5. The molecule has 1 aromatic carbocycles. The van der Waals surface area contributed by atoms with Crippen molar-refractivity contribution in [3.63, 3.8) is 0 Å². The minimum Gasteiger partial charge on any atom is -0.504 e. The van der Waals surface area contributed by atoms with Crippen LogP contribution in [0, 0.1) is 0 Å². The third-order valence-corrected chi connectivity index (χ3v) is 2.14. The standard InChI is InChI=1S/C10H14N2O4.H2O/c11-5-12-7(10(15)16)3-6-1-2-8(13)9(14)4-6;/h1-2,4,7,12-14H,3,5,11H2,(H,15,16);1H2. The molecule has 0 amide bonds. The first-order valence-electron chi connectivity index (χ1n) is 4.71. The largest absolute Gasteiger partial charge is 0.504 e. The number of rotatable bonds is 5. The highest BCUT2D eigenvalue weighted by atomic mass is 16.4. The lowest BCUT2D eigenvalue weighted by Gasteiger charge is -2.13. The molecule has 0 radical (unpaired) electrons. The summed E-state index contributed by atoms with van der Waals surface area (Å²) in [6, 6.07) is 3.37. The van der Waals surface area contributed by atoms with Gasteiger partial charge in [0, 0.05) is 6.67 Å². The van der Waals surface area contributed by atoms with Gasteiger partial charge in [-0.3, -0.25) is 10.1 Å². The van der Waals surface area contributed by atoms with Crippen LogP contribution in [0.1, 0.15) is 5.56 Å². The topological polar surface area (TPSA) is 147 Å². The number of carboxylic acids is 1. The zero-order chi connectivity index (χ0) is 12.1. The number of phenols is 2. The summed E-state index contributed by atoms with van der Waals surface area (Å²) in [6.45, 7) is 0.0566. The van der Waals surface area contributed by atoms with Crippen molar-refractivity contribution in [2.24, 2.45) is 5.73 Å². The van der Waals surface area contributed by atoms with Crippen LogP contribution in [0.15, 0.2) is 18.2 Å². The van der Waals surface area contributed by atoms with Crippen molar-refractivity contribution in [2.75, 3.05) is 6.67 Å². The van der Waals surface area contributed by atoms with Crippen molar-refractivity contribution in [1.82, 2.24) is 5.32 Å². The van der Waals surface area contributed by atoms with Crippen LogP contribution in [0.3, 0.4) is 0 Å². The molecule has 1 atom stereocenters. The van der Waals surface area contributed by atoms with Crippen molar-refractivity contribution in [1.29, 1.82) is 0 Å². The van der Waals surface area contributed by atoms with E-state index in [1.54, 1.807) is 6.07 Å². The van der Waals surface area contributed by atoms with Crippen LogP contribution in [-0.2, 0) is 11.2 Å². The van der Waals surface area contributed by atoms with Gasteiger partial charge in [0.15, 0.2) is 11.5 Å². The SMILES string of the molecule is NCNC(Cc1ccc(O)c(O)c1)C(=O)O.O. The summed E-state index contributed by atoms with van der Waals surface area (Å²) < 4.78 is 0. The first kappa shape index (κ1) is 15.2. The van der Waals surface area contributed by atoms with E-state index in [0.29, 0.717) is 5.56 Å². The van der Waals surface area contributed by atoms with Crippen LogP contribution >= 0.6 is 0 Å². The minimum absolute atomic E-state index is 0. The zero-order valence-electron chi connectivity index (χ0n) is 9.05. The summed E-state index contributed by atoms with van der Waals surface area (Å²) in [6.07, 6.45) is 0.181. The average Bonchev–Trinajstić information content (AvgIpc) is 2.22. The van der Waals surface area contributed by atoms with Gasteiger partial charge in [0.05, 0.1) is 0 Å². The van der Waals surface area contributed by atoms with Gasteiger partial charge in [0.25, 0.3) is 0 Å². The molecule has 1 rings (SSSR count). The summed E-state index contributed by atoms with van der Waals surface area (Å²) in [5.41, 5.74) is 5.81. The summed E-state index contributed by atoms with van der Waals surface area (Å²) >= 11 is 0. The summed E-state index contributed by atoms with van der Waals surface area (Å²) in [4.78, 5) is 10.8. The molecule has 0 saturated heterocycles. The van der Waals surface area contributed by atoms with Crippen molar-refractivity contribution in [3.05, 3.63) is 23.8 Å². The molecule has 0 bridgehead atoms. The maximum absolute atomic E-state index is 10.8. The Morgan fingerprint density at radius 3 is 2.47 bits per heavy atom. The zero-order valence-corrected chi connectivity index (χ0v) is 9.05. The molecule has 17 heavy (non-hydrogen) atoms. The number of hydrogen-bond acceptors (Lipinski definition) is 5. The van der Waals surface area contributed by atoms with Crippen molar-refractivity contribution < 1.29 is 25.6 Å². The van der Waals surface area contributed by atoms with Gasteiger partial charge in [-0.1, -0.05) is 6.07 Å². The van der Waals surface area contributed by atoms with Crippen molar-refractivity contribution in [2.45, 2.75) is 12.5 Å². The fourth-order valence-electron chi connectivity index (χ4n) is 1.32. The number of carbonyl (C=O) groups is 1. The number of nitrogens with one attached hydrogen (secondary N) is 1. The molecule has 7 heteroatoms. The first-order chi connectivity index (χ1) is 7.54. The second-order valence-electron chi connectivity index (χ2n) is 3.33. The van der Waals surface area contributed by atoms with Gasteiger partial charge in [0.1, 0.15) is 6.04 Å². The van der Waals surface area contributed by atoms with Gasteiger partial charge >= 0.3 is 5.97 Å². The van der Waals surface area contributed by atoms with Crippen molar-refractivity contribution >= 4 is 5.97 Å². The molecule has 8 N–H and O–H groups in total. The summed E-state index contributed by atoms with van der Waals surface area (Å²) in [5, 5.41) is 29.8.